The zero-order valence-corrected chi connectivity index (χ0v) is 11.0. The fraction of sp³-hybridized carbons (Fsp3) is 0.231. The number of hydrogen-bond donors (Lipinski definition) is 1. The highest BCUT2D eigenvalue weighted by Gasteiger charge is 2.12. The third kappa shape index (κ3) is 3.06. The van der Waals surface area contributed by atoms with Gasteiger partial charge in [0.2, 0.25) is 0 Å². The lowest BCUT2D eigenvalue weighted by atomic mass is 9.99. The van der Waals surface area contributed by atoms with Crippen LogP contribution in [-0.4, -0.2) is 0 Å². The monoisotopic (exact) mass is 269 g/mol. The van der Waals surface area contributed by atoms with Gasteiger partial charge in [-0.15, -0.1) is 11.3 Å². The van der Waals surface area contributed by atoms with Crippen molar-refractivity contribution in [2.75, 3.05) is 0 Å². The van der Waals surface area contributed by atoms with Crippen molar-refractivity contribution in [1.82, 2.24) is 0 Å². The molecule has 1 unspecified atom stereocenters. The van der Waals surface area contributed by atoms with Crippen molar-refractivity contribution in [3.8, 4) is 0 Å². The van der Waals surface area contributed by atoms with Gasteiger partial charge >= 0.3 is 0 Å². The highest BCUT2D eigenvalue weighted by Crippen LogP contribution is 2.27. The van der Waals surface area contributed by atoms with E-state index in [1.165, 1.54) is 23.5 Å². The van der Waals surface area contributed by atoms with E-state index in [0.29, 0.717) is 6.42 Å². The molecular weight excluding hydrogens is 257 g/mol. The number of aryl methyl sites for hydroxylation is 1. The minimum atomic E-state index is -0.245. The van der Waals surface area contributed by atoms with Crippen LogP contribution in [0.1, 0.15) is 22.0 Å². The molecule has 2 aromatic rings. The Morgan fingerprint density at radius 2 is 2.12 bits per heavy atom. The first-order chi connectivity index (χ1) is 8.06. The van der Waals surface area contributed by atoms with Crippen molar-refractivity contribution in [2.45, 2.75) is 19.4 Å². The van der Waals surface area contributed by atoms with Crippen LogP contribution in [0.4, 0.5) is 4.39 Å². The highest BCUT2D eigenvalue weighted by molar-refractivity contribution is 7.16. The van der Waals surface area contributed by atoms with Gasteiger partial charge in [-0.25, -0.2) is 4.39 Å². The summed E-state index contributed by atoms with van der Waals surface area (Å²) < 4.78 is 13.9. The van der Waals surface area contributed by atoms with E-state index in [2.05, 4.69) is 0 Å². The molecule has 90 valence electrons. The zero-order chi connectivity index (χ0) is 12.4. The number of hydrogen-bond acceptors (Lipinski definition) is 2. The van der Waals surface area contributed by atoms with Crippen LogP contribution in [0.2, 0.25) is 4.34 Å². The minimum Gasteiger partial charge on any atom is -0.324 e. The lowest BCUT2D eigenvalue weighted by Crippen LogP contribution is -2.14. The van der Waals surface area contributed by atoms with Gasteiger partial charge in [-0.05, 0) is 42.3 Å². The smallest absolute Gasteiger partial charge is 0.123 e. The summed E-state index contributed by atoms with van der Waals surface area (Å²) in [6.07, 6.45) is 0.682. The molecule has 0 aliphatic carbocycles. The lowest BCUT2D eigenvalue weighted by molar-refractivity contribution is 0.617. The number of nitrogens with two attached hydrogens (primary N) is 1. The van der Waals surface area contributed by atoms with Crippen LogP contribution in [0.5, 0.6) is 0 Å². The van der Waals surface area contributed by atoms with Gasteiger partial charge in [0.05, 0.1) is 4.34 Å². The molecule has 0 aliphatic heterocycles. The van der Waals surface area contributed by atoms with Crippen molar-refractivity contribution < 1.29 is 4.39 Å². The molecule has 0 saturated carbocycles. The summed E-state index contributed by atoms with van der Waals surface area (Å²) >= 11 is 7.38. The molecular formula is C13H13ClFNS. The summed E-state index contributed by atoms with van der Waals surface area (Å²) in [4.78, 5) is 1.12. The topological polar surface area (TPSA) is 26.0 Å². The molecule has 0 spiro atoms. The van der Waals surface area contributed by atoms with Gasteiger partial charge in [-0.1, -0.05) is 17.7 Å². The number of benzene rings is 1. The van der Waals surface area contributed by atoms with Gasteiger partial charge in [0.15, 0.2) is 0 Å². The Kier molecular flexibility index (Phi) is 3.82. The van der Waals surface area contributed by atoms with Crippen LogP contribution in [0.15, 0.2) is 30.3 Å². The summed E-state index contributed by atoms with van der Waals surface area (Å²) in [5.41, 5.74) is 7.97. The van der Waals surface area contributed by atoms with Crippen molar-refractivity contribution >= 4 is 22.9 Å². The molecule has 1 atom stereocenters. The van der Waals surface area contributed by atoms with E-state index in [1.807, 2.05) is 19.1 Å². The third-order valence-corrected chi connectivity index (χ3v) is 3.94. The number of rotatable bonds is 3. The molecule has 1 aromatic heterocycles. The Bertz CT molecular complexity index is 524. The third-order valence-electron chi connectivity index (χ3n) is 2.69. The summed E-state index contributed by atoms with van der Waals surface area (Å²) in [6.45, 7) is 1.94. The van der Waals surface area contributed by atoms with Crippen LogP contribution >= 0.6 is 22.9 Å². The molecule has 0 aliphatic rings. The van der Waals surface area contributed by atoms with Crippen molar-refractivity contribution in [3.05, 3.63) is 56.5 Å². The maximum Gasteiger partial charge on any atom is 0.123 e. The molecule has 2 rings (SSSR count). The summed E-state index contributed by atoms with van der Waals surface area (Å²) in [6, 6.07) is 8.34. The van der Waals surface area contributed by atoms with Crippen molar-refractivity contribution in [3.63, 3.8) is 0 Å². The Morgan fingerprint density at radius 1 is 1.35 bits per heavy atom. The predicted octanol–water partition coefficient (Wildman–Crippen LogP) is 4.09. The average molecular weight is 270 g/mol. The fourth-order valence-corrected chi connectivity index (χ4v) is 2.94. The molecule has 1 aromatic carbocycles. The van der Waals surface area contributed by atoms with Gasteiger partial charge in [0.1, 0.15) is 5.82 Å². The lowest BCUT2D eigenvalue weighted by Gasteiger charge is -2.13. The van der Waals surface area contributed by atoms with Gasteiger partial charge in [-0.3, -0.25) is 0 Å². The van der Waals surface area contributed by atoms with Crippen LogP contribution in [0.3, 0.4) is 0 Å². The molecule has 17 heavy (non-hydrogen) atoms. The van der Waals surface area contributed by atoms with Gasteiger partial charge in [0, 0.05) is 17.3 Å². The molecule has 0 fully saturated rings. The second-order valence-electron chi connectivity index (χ2n) is 4.02. The molecule has 2 N–H and O–H groups in total. The largest absolute Gasteiger partial charge is 0.324 e. The highest BCUT2D eigenvalue weighted by atomic mass is 35.5. The molecule has 0 radical (unpaired) electrons. The Labute approximate surface area is 109 Å². The molecule has 1 nitrogen and oxygen atoms in total. The van der Waals surface area contributed by atoms with Crippen LogP contribution < -0.4 is 5.73 Å². The standard InChI is InChI=1S/C13H13ClFNS/c1-8-2-3-9(15)6-11(8)12(16)7-10-4-5-13(14)17-10/h2-6,12H,7,16H2,1H3. The predicted molar refractivity (Wildman–Crippen MR) is 71.1 cm³/mol. The van der Waals surface area contributed by atoms with E-state index in [9.17, 15) is 4.39 Å². The second-order valence-corrected chi connectivity index (χ2v) is 5.82. The van der Waals surface area contributed by atoms with E-state index in [1.54, 1.807) is 6.07 Å². The summed E-state index contributed by atoms with van der Waals surface area (Å²) in [7, 11) is 0. The summed E-state index contributed by atoms with van der Waals surface area (Å²) in [5, 5.41) is 0. The second kappa shape index (κ2) is 5.17. The van der Waals surface area contributed by atoms with E-state index >= 15 is 0 Å². The number of halogens is 2. The zero-order valence-electron chi connectivity index (χ0n) is 9.41. The number of thiophene rings is 1. The maximum atomic E-state index is 13.2. The molecule has 4 heteroatoms. The van der Waals surface area contributed by atoms with Crippen molar-refractivity contribution in [2.24, 2.45) is 5.73 Å². The fourth-order valence-electron chi connectivity index (χ4n) is 1.80. The molecule has 0 amide bonds. The van der Waals surface area contributed by atoms with Crippen molar-refractivity contribution in [1.29, 1.82) is 0 Å². The molecule has 1 heterocycles. The average Bonchev–Trinajstić information content (AvgIpc) is 2.67. The first-order valence-corrected chi connectivity index (χ1v) is 6.51. The first-order valence-electron chi connectivity index (χ1n) is 5.32. The van der Waals surface area contributed by atoms with E-state index in [0.717, 1.165) is 20.3 Å². The van der Waals surface area contributed by atoms with Crippen LogP contribution in [0, 0.1) is 12.7 Å². The van der Waals surface area contributed by atoms with E-state index in [-0.39, 0.29) is 11.9 Å². The maximum absolute atomic E-state index is 13.2. The van der Waals surface area contributed by atoms with Gasteiger partial charge < -0.3 is 5.73 Å². The molecule has 0 bridgehead atoms. The van der Waals surface area contributed by atoms with Crippen LogP contribution in [0.25, 0.3) is 0 Å². The van der Waals surface area contributed by atoms with E-state index < -0.39 is 0 Å². The Hall–Kier alpha value is -0.900. The SMILES string of the molecule is Cc1ccc(F)cc1C(N)Cc1ccc(Cl)s1. The molecule has 0 saturated heterocycles. The van der Waals surface area contributed by atoms with Gasteiger partial charge in [0.25, 0.3) is 0 Å². The summed E-state index contributed by atoms with van der Waals surface area (Å²) in [5.74, 6) is -0.245. The Balaban J connectivity index is 2.19. The minimum absolute atomic E-state index is 0.194. The van der Waals surface area contributed by atoms with E-state index in [4.69, 9.17) is 17.3 Å². The van der Waals surface area contributed by atoms with Gasteiger partial charge in [-0.2, -0.15) is 0 Å². The first kappa shape index (κ1) is 12.6. The Morgan fingerprint density at radius 3 is 2.76 bits per heavy atom. The van der Waals surface area contributed by atoms with Crippen LogP contribution in [-0.2, 0) is 6.42 Å². The normalized spacial score (nSPS) is 12.7. The quantitative estimate of drug-likeness (QED) is 0.892.